The molecule has 0 aromatic heterocycles. The van der Waals surface area contributed by atoms with Crippen molar-refractivity contribution in [2.75, 3.05) is 26.9 Å². The Balaban J connectivity index is 1.87. The second-order valence-corrected chi connectivity index (χ2v) is 17.7. The van der Waals surface area contributed by atoms with Crippen LogP contribution in [-0.2, 0) is 14.9 Å². The van der Waals surface area contributed by atoms with Crippen LogP contribution in [0.4, 0.5) is 0 Å². The van der Waals surface area contributed by atoms with Crippen molar-refractivity contribution in [2.45, 2.75) is 106 Å². The van der Waals surface area contributed by atoms with Gasteiger partial charge in [0, 0.05) is 16.8 Å². The first-order chi connectivity index (χ1) is 27.8. The van der Waals surface area contributed by atoms with Crippen LogP contribution in [0.15, 0.2) is 112 Å². The summed E-state index contributed by atoms with van der Waals surface area (Å²) in [4.78, 5) is 0. The van der Waals surface area contributed by atoms with Gasteiger partial charge in [0.05, 0.1) is 32.3 Å². The maximum Gasteiger partial charge on any atom is 0.161 e. The van der Waals surface area contributed by atoms with Crippen molar-refractivity contribution in [1.82, 2.24) is 0 Å². The summed E-state index contributed by atoms with van der Waals surface area (Å²) in [6, 6.07) is 19.9. The molecule has 2 aliphatic carbocycles. The topological polar surface area (TPSA) is 36.9 Å². The first-order valence-corrected chi connectivity index (χ1v) is 22.3. The van der Waals surface area contributed by atoms with E-state index in [1.54, 1.807) is 7.11 Å². The fourth-order valence-corrected chi connectivity index (χ4v) is 8.02. The van der Waals surface area contributed by atoms with E-state index in [1.807, 2.05) is 0 Å². The summed E-state index contributed by atoms with van der Waals surface area (Å²) in [6.45, 7) is 29.0. The Morgan fingerprint density at radius 3 is 1.97 bits per heavy atom. The van der Waals surface area contributed by atoms with Gasteiger partial charge in [0.1, 0.15) is 5.76 Å². The third-order valence-corrected chi connectivity index (χ3v) is 12.6. The van der Waals surface area contributed by atoms with Crippen LogP contribution in [0.3, 0.4) is 0 Å². The molecule has 0 heterocycles. The van der Waals surface area contributed by atoms with E-state index in [4.69, 9.17) is 25.5 Å². The number of rotatable bonds is 18. The molecule has 4 nitrogen and oxygen atoms in total. The number of hydrogen-bond acceptors (Lipinski definition) is 4. The SMILES string of the molecule is C=C1/C(=C\C=C(C)C)c2ccc(/C=C/c3ccc(Br)cc3)cc2C12/C(=C/C(OCC(C)CC)=C(\CC)OC)C(C)c1cc(OCC(C)CC)c(OCC(C)CC)cc12. The Morgan fingerprint density at radius 2 is 1.38 bits per heavy atom. The highest BCUT2D eigenvalue weighted by molar-refractivity contribution is 9.10. The molecule has 0 fully saturated rings. The van der Waals surface area contributed by atoms with Gasteiger partial charge in [0.15, 0.2) is 17.3 Å². The molecule has 0 bridgehead atoms. The lowest BCUT2D eigenvalue weighted by atomic mass is 9.69. The molecular weight excluding hydrogens is 780 g/mol. The summed E-state index contributed by atoms with van der Waals surface area (Å²) in [6.07, 6.45) is 15.0. The maximum absolute atomic E-state index is 6.77. The standard InChI is InChI=1S/C53H67BrO4/c1-13-35(7)31-56-50-28-45-38(10)46(29-51(49(16-4)55-12)57-32-36(8)14-2)53(48(45)30-52(50)58-33-37(9)15-3)39(11)43(25-17-34(5)6)44-26-22-41(27-47(44)53)19-18-40-20-23-42(54)24-21-40/h17-30,35-38H,11,13-16,31-33H2,1-10,12H3/b19-18+,43-25+,46-29+,51-49-. The summed E-state index contributed by atoms with van der Waals surface area (Å²) in [7, 11) is 1.75. The van der Waals surface area contributed by atoms with Crippen molar-refractivity contribution in [1.29, 1.82) is 0 Å². The highest BCUT2D eigenvalue weighted by Crippen LogP contribution is 2.65. The molecule has 0 saturated heterocycles. The molecule has 5 atom stereocenters. The number of allylic oxidation sites excluding steroid dienone is 8. The second-order valence-electron chi connectivity index (χ2n) is 16.8. The molecule has 1 spiro atoms. The van der Waals surface area contributed by atoms with Crippen molar-refractivity contribution in [3.8, 4) is 11.5 Å². The van der Waals surface area contributed by atoms with Crippen LogP contribution in [0.2, 0.25) is 0 Å². The highest BCUT2D eigenvalue weighted by atomic mass is 79.9. The van der Waals surface area contributed by atoms with Crippen molar-refractivity contribution in [3.63, 3.8) is 0 Å². The number of halogens is 1. The van der Waals surface area contributed by atoms with E-state index in [0.29, 0.717) is 44.0 Å². The van der Waals surface area contributed by atoms with Gasteiger partial charge in [-0.3, -0.25) is 0 Å². The van der Waals surface area contributed by atoms with Gasteiger partial charge in [-0.05, 0) is 118 Å². The summed E-state index contributed by atoms with van der Waals surface area (Å²) < 4.78 is 27.3. The third-order valence-electron chi connectivity index (χ3n) is 12.1. The van der Waals surface area contributed by atoms with E-state index in [9.17, 15) is 0 Å². The molecule has 310 valence electrons. The lowest BCUT2D eigenvalue weighted by Crippen LogP contribution is -2.27. The van der Waals surface area contributed by atoms with Gasteiger partial charge >= 0.3 is 0 Å². The van der Waals surface area contributed by atoms with Crippen LogP contribution >= 0.6 is 15.9 Å². The predicted octanol–water partition coefficient (Wildman–Crippen LogP) is 15.0. The zero-order valence-electron chi connectivity index (χ0n) is 37.1. The number of benzene rings is 3. The molecule has 0 N–H and O–H groups in total. The Kier molecular flexibility index (Phi) is 15.6. The Morgan fingerprint density at radius 1 is 0.793 bits per heavy atom. The molecule has 0 amide bonds. The fraction of sp³-hybridized carbons (Fsp3) is 0.434. The predicted molar refractivity (Wildman–Crippen MR) is 249 cm³/mol. The van der Waals surface area contributed by atoms with Crippen LogP contribution < -0.4 is 9.47 Å². The van der Waals surface area contributed by atoms with Gasteiger partial charge in [-0.1, -0.05) is 151 Å². The molecule has 5 unspecified atom stereocenters. The zero-order chi connectivity index (χ0) is 42.1. The molecule has 3 aromatic rings. The van der Waals surface area contributed by atoms with Gasteiger partial charge in [0.25, 0.3) is 0 Å². The summed E-state index contributed by atoms with van der Waals surface area (Å²) in [5.41, 5.74) is 10.9. The average Bonchev–Trinajstić information content (AvgIpc) is 3.61. The number of fused-ring (bicyclic) bond motifs is 4. The van der Waals surface area contributed by atoms with Crippen LogP contribution in [0.25, 0.3) is 17.7 Å². The van der Waals surface area contributed by atoms with E-state index in [0.717, 1.165) is 69.0 Å². The lowest BCUT2D eigenvalue weighted by Gasteiger charge is -2.32. The van der Waals surface area contributed by atoms with Crippen LogP contribution in [0, 0.1) is 17.8 Å². The number of methoxy groups -OCH3 is 1. The number of hydrogen-bond donors (Lipinski definition) is 0. The van der Waals surface area contributed by atoms with Gasteiger partial charge in [-0.15, -0.1) is 0 Å². The van der Waals surface area contributed by atoms with Gasteiger partial charge < -0.3 is 18.9 Å². The summed E-state index contributed by atoms with van der Waals surface area (Å²) in [5, 5.41) is 0. The first-order valence-electron chi connectivity index (χ1n) is 21.5. The molecule has 2 aliphatic rings. The number of ether oxygens (including phenoxy) is 4. The van der Waals surface area contributed by atoms with Gasteiger partial charge in [-0.2, -0.15) is 0 Å². The van der Waals surface area contributed by atoms with Gasteiger partial charge in [-0.25, -0.2) is 0 Å². The Bertz CT molecular complexity index is 2070. The Hall–Kier alpha value is -4.22. The largest absolute Gasteiger partial charge is 0.497 e. The molecule has 5 heteroatoms. The molecule has 3 aromatic carbocycles. The van der Waals surface area contributed by atoms with Crippen LogP contribution in [0.1, 0.15) is 134 Å². The van der Waals surface area contributed by atoms with Crippen LogP contribution in [-0.4, -0.2) is 26.9 Å². The maximum atomic E-state index is 6.77. The van der Waals surface area contributed by atoms with Crippen molar-refractivity contribution >= 4 is 33.7 Å². The minimum absolute atomic E-state index is 0.00362. The Labute approximate surface area is 358 Å². The van der Waals surface area contributed by atoms with E-state index < -0.39 is 5.41 Å². The summed E-state index contributed by atoms with van der Waals surface area (Å²) >= 11 is 3.59. The fourth-order valence-electron chi connectivity index (χ4n) is 7.76. The molecule has 0 radical (unpaired) electrons. The van der Waals surface area contributed by atoms with E-state index in [1.165, 1.54) is 33.4 Å². The molecular formula is C53H67BrO4. The third kappa shape index (κ3) is 9.63. The average molecular weight is 848 g/mol. The van der Waals surface area contributed by atoms with E-state index in [2.05, 4.69) is 170 Å². The molecule has 0 saturated carbocycles. The first kappa shape index (κ1) is 44.9. The molecule has 5 rings (SSSR count). The van der Waals surface area contributed by atoms with Crippen LogP contribution in [0.5, 0.6) is 11.5 Å². The van der Waals surface area contributed by atoms with Crippen molar-refractivity contribution in [3.05, 3.63) is 145 Å². The zero-order valence-corrected chi connectivity index (χ0v) is 38.6. The minimum Gasteiger partial charge on any atom is -0.497 e. The van der Waals surface area contributed by atoms with E-state index >= 15 is 0 Å². The van der Waals surface area contributed by atoms with Crippen molar-refractivity contribution < 1.29 is 18.9 Å². The summed E-state index contributed by atoms with van der Waals surface area (Å²) in [5.74, 6) is 4.41. The highest BCUT2D eigenvalue weighted by Gasteiger charge is 2.55. The van der Waals surface area contributed by atoms with Gasteiger partial charge in [0.2, 0.25) is 0 Å². The second kappa shape index (κ2) is 20.2. The monoisotopic (exact) mass is 846 g/mol. The normalized spacial score (nSPS) is 20.6. The smallest absolute Gasteiger partial charge is 0.161 e. The lowest BCUT2D eigenvalue weighted by molar-refractivity contribution is 0.153. The minimum atomic E-state index is -0.714. The molecule has 0 aliphatic heterocycles. The quantitative estimate of drug-likeness (QED) is 0.0944. The molecule has 58 heavy (non-hydrogen) atoms. The van der Waals surface area contributed by atoms with Crippen molar-refractivity contribution in [2.24, 2.45) is 17.8 Å². The van der Waals surface area contributed by atoms with E-state index in [-0.39, 0.29) is 5.92 Å².